The van der Waals surface area contributed by atoms with Crippen molar-refractivity contribution in [2.45, 2.75) is 25.7 Å². The summed E-state index contributed by atoms with van der Waals surface area (Å²) in [6, 6.07) is 16.1. The maximum absolute atomic E-state index is 13.1. The van der Waals surface area contributed by atoms with Crippen LogP contribution in [0.2, 0.25) is 0 Å². The topological polar surface area (TPSA) is 52.7 Å². The van der Waals surface area contributed by atoms with Crippen LogP contribution < -0.4 is 10.2 Å². The van der Waals surface area contributed by atoms with Crippen molar-refractivity contribution in [3.8, 4) is 0 Å². The minimum atomic E-state index is -0.248. The molecular weight excluding hydrogens is 369 g/mol. The van der Waals surface area contributed by atoms with E-state index in [1.54, 1.807) is 12.1 Å². The first-order valence-electron chi connectivity index (χ1n) is 10.2. The van der Waals surface area contributed by atoms with E-state index >= 15 is 0 Å². The highest BCUT2D eigenvalue weighted by atomic mass is 19.1. The Kier molecular flexibility index (Phi) is 7.22. The Hall–Kier alpha value is -2.89. The Morgan fingerprint density at radius 3 is 2.28 bits per heavy atom. The van der Waals surface area contributed by atoms with E-state index in [0.29, 0.717) is 26.1 Å². The summed E-state index contributed by atoms with van der Waals surface area (Å²) in [5.74, 6) is -0.419. The molecule has 0 unspecified atom stereocenters. The number of nitrogens with zero attached hydrogens (tertiary/aromatic N) is 2. The zero-order valence-corrected chi connectivity index (χ0v) is 16.8. The van der Waals surface area contributed by atoms with E-state index in [9.17, 15) is 14.0 Å². The summed E-state index contributed by atoms with van der Waals surface area (Å²) >= 11 is 0. The van der Waals surface area contributed by atoms with Gasteiger partial charge in [0.2, 0.25) is 11.8 Å². The Morgan fingerprint density at radius 2 is 1.66 bits per heavy atom. The van der Waals surface area contributed by atoms with E-state index in [2.05, 4.69) is 10.2 Å². The molecule has 0 radical (unpaired) electrons. The second-order valence-corrected chi connectivity index (χ2v) is 7.26. The summed E-state index contributed by atoms with van der Waals surface area (Å²) in [5.41, 5.74) is 1.97. The molecule has 1 aliphatic rings. The Bertz CT molecular complexity index is 803. The normalized spacial score (nSPS) is 15.1. The van der Waals surface area contributed by atoms with Gasteiger partial charge in [-0.25, -0.2) is 4.39 Å². The molecule has 1 saturated heterocycles. The largest absolute Gasteiger partial charge is 0.368 e. The number of hydrogen-bond donors (Lipinski definition) is 1. The molecule has 1 aliphatic heterocycles. The molecule has 1 N–H and O–H groups in total. The molecule has 0 spiro atoms. The van der Waals surface area contributed by atoms with Crippen LogP contribution in [0, 0.1) is 5.82 Å². The number of amides is 2. The first-order chi connectivity index (χ1) is 14.1. The zero-order valence-electron chi connectivity index (χ0n) is 16.8. The number of benzene rings is 2. The number of rotatable bonds is 7. The molecule has 0 bridgehead atoms. The van der Waals surface area contributed by atoms with Crippen molar-refractivity contribution in [2.75, 3.05) is 37.6 Å². The molecule has 2 aromatic rings. The lowest BCUT2D eigenvalue weighted by Crippen LogP contribution is -2.49. The number of nitrogens with one attached hydrogen (secondary N) is 1. The van der Waals surface area contributed by atoms with Gasteiger partial charge in [-0.3, -0.25) is 9.59 Å². The van der Waals surface area contributed by atoms with Crippen LogP contribution in [0.5, 0.6) is 0 Å². The van der Waals surface area contributed by atoms with Crippen molar-refractivity contribution < 1.29 is 14.0 Å². The van der Waals surface area contributed by atoms with E-state index in [1.807, 2.05) is 42.2 Å². The van der Waals surface area contributed by atoms with E-state index in [1.165, 1.54) is 12.1 Å². The van der Waals surface area contributed by atoms with Gasteiger partial charge in [0.1, 0.15) is 5.82 Å². The molecule has 6 heteroatoms. The number of anilines is 1. The van der Waals surface area contributed by atoms with Crippen LogP contribution in [0.25, 0.3) is 0 Å². The van der Waals surface area contributed by atoms with Gasteiger partial charge in [0, 0.05) is 44.8 Å². The molecule has 0 aromatic heterocycles. The number of carbonyl (C=O) groups excluding carboxylic acids is 2. The van der Waals surface area contributed by atoms with Crippen molar-refractivity contribution in [3.05, 3.63) is 66.0 Å². The van der Waals surface area contributed by atoms with Crippen molar-refractivity contribution in [3.63, 3.8) is 0 Å². The van der Waals surface area contributed by atoms with Gasteiger partial charge in [-0.2, -0.15) is 0 Å². The maximum Gasteiger partial charge on any atom is 0.227 e. The Labute approximate surface area is 171 Å². The monoisotopic (exact) mass is 397 g/mol. The second-order valence-electron chi connectivity index (χ2n) is 7.26. The van der Waals surface area contributed by atoms with Gasteiger partial charge in [-0.05, 0) is 36.2 Å². The van der Waals surface area contributed by atoms with Gasteiger partial charge >= 0.3 is 0 Å². The van der Waals surface area contributed by atoms with Gasteiger partial charge in [-0.1, -0.05) is 37.3 Å². The van der Waals surface area contributed by atoms with Crippen LogP contribution in [0.3, 0.4) is 0 Å². The fraction of sp³-hybridized carbons (Fsp3) is 0.391. The summed E-state index contributed by atoms with van der Waals surface area (Å²) < 4.78 is 13.1. The van der Waals surface area contributed by atoms with Crippen LogP contribution in [0.1, 0.15) is 31.2 Å². The van der Waals surface area contributed by atoms with Crippen molar-refractivity contribution in [1.82, 2.24) is 10.2 Å². The predicted octanol–water partition coefficient (Wildman–Crippen LogP) is 3.17. The van der Waals surface area contributed by atoms with Gasteiger partial charge in [0.05, 0.1) is 5.92 Å². The summed E-state index contributed by atoms with van der Waals surface area (Å²) in [7, 11) is 0. The van der Waals surface area contributed by atoms with Gasteiger partial charge in [-0.15, -0.1) is 0 Å². The molecule has 0 aliphatic carbocycles. The molecule has 5 nitrogen and oxygen atoms in total. The number of carbonyl (C=O) groups is 2. The minimum absolute atomic E-state index is 0.0346. The second kappa shape index (κ2) is 10.0. The maximum atomic E-state index is 13.1. The lowest BCUT2D eigenvalue weighted by Gasteiger charge is -2.36. The number of halogens is 1. The molecule has 1 atom stereocenters. The van der Waals surface area contributed by atoms with Crippen LogP contribution in [-0.2, 0) is 9.59 Å². The number of hydrogen-bond acceptors (Lipinski definition) is 3. The molecule has 1 fully saturated rings. The highest BCUT2D eigenvalue weighted by Gasteiger charge is 2.22. The molecule has 1 heterocycles. The molecule has 2 aromatic carbocycles. The summed E-state index contributed by atoms with van der Waals surface area (Å²) in [5, 5.41) is 2.91. The van der Waals surface area contributed by atoms with Crippen LogP contribution in [0.4, 0.5) is 10.1 Å². The van der Waals surface area contributed by atoms with Gasteiger partial charge in [0.25, 0.3) is 0 Å². The van der Waals surface area contributed by atoms with Crippen molar-refractivity contribution in [1.29, 1.82) is 0 Å². The molecule has 0 saturated carbocycles. The lowest BCUT2D eigenvalue weighted by molar-refractivity contribution is -0.131. The molecule has 2 amide bonds. The predicted molar refractivity (Wildman–Crippen MR) is 112 cm³/mol. The Balaban J connectivity index is 1.42. The number of piperazine rings is 1. The first kappa shape index (κ1) is 20.8. The summed E-state index contributed by atoms with van der Waals surface area (Å²) in [6.07, 6.45) is 1.02. The average molecular weight is 397 g/mol. The highest BCUT2D eigenvalue weighted by molar-refractivity contribution is 5.84. The fourth-order valence-electron chi connectivity index (χ4n) is 3.70. The molecule has 29 heavy (non-hydrogen) atoms. The smallest absolute Gasteiger partial charge is 0.227 e. The quantitative estimate of drug-likeness (QED) is 0.781. The van der Waals surface area contributed by atoms with Crippen molar-refractivity contribution >= 4 is 17.5 Å². The minimum Gasteiger partial charge on any atom is -0.368 e. The third kappa shape index (κ3) is 5.56. The molecule has 154 valence electrons. The van der Waals surface area contributed by atoms with Crippen LogP contribution in [0.15, 0.2) is 54.6 Å². The highest BCUT2D eigenvalue weighted by Crippen LogP contribution is 2.19. The summed E-state index contributed by atoms with van der Waals surface area (Å²) in [6.45, 7) is 5.03. The van der Waals surface area contributed by atoms with Crippen molar-refractivity contribution in [2.24, 2.45) is 0 Å². The third-order valence-corrected chi connectivity index (χ3v) is 5.39. The fourth-order valence-corrected chi connectivity index (χ4v) is 3.70. The van der Waals surface area contributed by atoms with Crippen LogP contribution >= 0.6 is 0 Å². The molecular formula is C23H28FN3O2. The van der Waals surface area contributed by atoms with Gasteiger partial charge in [0.15, 0.2) is 0 Å². The lowest BCUT2D eigenvalue weighted by atomic mass is 9.96. The van der Waals surface area contributed by atoms with E-state index in [-0.39, 0.29) is 23.5 Å². The molecule has 3 rings (SSSR count). The SMILES string of the molecule is CC[C@H](C(=O)NCCC(=O)N1CCN(c2ccc(F)cc2)CC1)c1ccccc1. The average Bonchev–Trinajstić information content (AvgIpc) is 2.75. The van der Waals surface area contributed by atoms with E-state index in [4.69, 9.17) is 0 Å². The standard InChI is InChI=1S/C23H28FN3O2/c1-2-21(18-6-4-3-5-7-18)23(29)25-13-12-22(28)27-16-14-26(15-17-27)20-10-8-19(24)9-11-20/h3-11,21H,2,12-17H2,1H3,(H,25,29)/t21-/m0/s1. The zero-order chi connectivity index (χ0) is 20.6. The van der Waals surface area contributed by atoms with E-state index < -0.39 is 0 Å². The summed E-state index contributed by atoms with van der Waals surface area (Å²) in [4.78, 5) is 29.0. The van der Waals surface area contributed by atoms with Crippen LogP contribution in [-0.4, -0.2) is 49.4 Å². The van der Waals surface area contributed by atoms with E-state index in [0.717, 1.165) is 30.8 Å². The Morgan fingerprint density at radius 1 is 1.00 bits per heavy atom. The van der Waals surface area contributed by atoms with Gasteiger partial charge < -0.3 is 15.1 Å². The third-order valence-electron chi connectivity index (χ3n) is 5.39. The first-order valence-corrected chi connectivity index (χ1v) is 10.2.